The van der Waals surface area contributed by atoms with Crippen molar-refractivity contribution in [2.24, 2.45) is 5.10 Å². The summed E-state index contributed by atoms with van der Waals surface area (Å²) >= 11 is 0. The first kappa shape index (κ1) is 22.5. The molecule has 176 valence electrons. The van der Waals surface area contributed by atoms with Gasteiger partial charge in [-0.1, -0.05) is 66.7 Å². The molecule has 4 aromatic rings. The van der Waals surface area contributed by atoms with E-state index in [1.54, 1.807) is 23.2 Å². The Morgan fingerprint density at radius 1 is 1.03 bits per heavy atom. The van der Waals surface area contributed by atoms with E-state index in [4.69, 9.17) is 0 Å². The van der Waals surface area contributed by atoms with Crippen molar-refractivity contribution in [3.05, 3.63) is 108 Å². The quantitative estimate of drug-likeness (QED) is 0.325. The second-order valence-electron chi connectivity index (χ2n) is 8.70. The first-order valence-corrected chi connectivity index (χ1v) is 11.5. The van der Waals surface area contributed by atoms with Crippen LogP contribution in [0.4, 0.5) is 4.39 Å². The third-order valence-electron chi connectivity index (χ3n) is 6.33. The van der Waals surface area contributed by atoms with Crippen molar-refractivity contribution in [1.82, 2.24) is 14.9 Å². The van der Waals surface area contributed by atoms with E-state index in [-0.39, 0.29) is 30.1 Å². The van der Waals surface area contributed by atoms with Gasteiger partial charge in [0.15, 0.2) is 0 Å². The van der Waals surface area contributed by atoms with Gasteiger partial charge in [0.1, 0.15) is 12.4 Å². The van der Waals surface area contributed by atoms with Crippen LogP contribution in [-0.4, -0.2) is 40.6 Å². The summed E-state index contributed by atoms with van der Waals surface area (Å²) in [4.78, 5) is 26.4. The number of hydrazone groups is 1. The van der Waals surface area contributed by atoms with Crippen molar-refractivity contribution in [2.75, 3.05) is 13.1 Å². The van der Waals surface area contributed by atoms with Crippen LogP contribution in [0, 0.1) is 5.82 Å². The Morgan fingerprint density at radius 2 is 1.77 bits per heavy atom. The van der Waals surface area contributed by atoms with Crippen LogP contribution in [0.5, 0.6) is 0 Å². The van der Waals surface area contributed by atoms with Gasteiger partial charge in [0.25, 0.3) is 5.91 Å². The van der Waals surface area contributed by atoms with Gasteiger partial charge in [-0.25, -0.2) is 9.82 Å². The molecule has 2 amide bonds. The number of carbonyl (C=O) groups excluding carboxylic acids is 2. The van der Waals surface area contributed by atoms with Gasteiger partial charge < -0.3 is 9.47 Å². The zero-order valence-electron chi connectivity index (χ0n) is 19.1. The lowest BCUT2D eigenvalue weighted by Crippen LogP contribution is -2.36. The number of benzene rings is 3. The molecule has 1 aliphatic heterocycles. The van der Waals surface area contributed by atoms with Gasteiger partial charge in [0, 0.05) is 47.1 Å². The lowest BCUT2D eigenvalue weighted by molar-refractivity contribution is -0.133. The zero-order chi connectivity index (χ0) is 24.2. The van der Waals surface area contributed by atoms with E-state index in [2.05, 4.69) is 10.5 Å². The molecule has 1 saturated heterocycles. The van der Waals surface area contributed by atoms with E-state index in [1.165, 1.54) is 6.07 Å². The molecule has 1 atom stereocenters. The molecule has 1 aromatic heterocycles. The highest BCUT2D eigenvalue weighted by atomic mass is 19.1. The molecule has 1 N–H and O–H groups in total. The van der Waals surface area contributed by atoms with E-state index in [0.717, 1.165) is 22.0 Å². The van der Waals surface area contributed by atoms with E-state index in [0.29, 0.717) is 25.1 Å². The fourth-order valence-corrected chi connectivity index (χ4v) is 4.58. The van der Waals surface area contributed by atoms with Gasteiger partial charge in [-0.15, -0.1) is 0 Å². The summed E-state index contributed by atoms with van der Waals surface area (Å²) in [5.41, 5.74) is 5.98. The first-order valence-electron chi connectivity index (χ1n) is 11.5. The monoisotopic (exact) mass is 468 g/mol. The molecular weight excluding hydrogens is 443 g/mol. The van der Waals surface area contributed by atoms with Crippen LogP contribution in [0.1, 0.15) is 29.0 Å². The van der Waals surface area contributed by atoms with E-state index < -0.39 is 0 Å². The van der Waals surface area contributed by atoms with Crippen molar-refractivity contribution in [3.8, 4) is 0 Å². The summed E-state index contributed by atoms with van der Waals surface area (Å²) in [5, 5.41) is 5.07. The standard InChI is InChI=1S/C28H25FN4O2/c29-25-12-6-4-10-21(25)16-32-18-23(24-11-5-7-13-26(24)32)15-30-31-27(34)19-33-17-22(14-28(33)35)20-8-2-1-3-9-20/h1-13,15,18,22H,14,16-17,19H2,(H,31,34)/b30-15+. The zero-order valence-corrected chi connectivity index (χ0v) is 19.1. The van der Waals surface area contributed by atoms with Crippen LogP contribution in [0.3, 0.4) is 0 Å². The molecule has 0 spiro atoms. The SMILES string of the molecule is O=C(CN1CC(c2ccccc2)CC1=O)N/N=C/c1cn(Cc2ccccc2F)c2ccccc12. The van der Waals surface area contributed by atoms with Gasteiger partial charge in [-0.2, -0.15) is 5.10 Å². The fourth-order valence-electron chi connectivity index (χ4n) is 4.58. The second kappa shape index (κ2) is 9.93. The molecule has 7 heteroatoms. The Kier molecular flexibility index (Phi) is 6.39. The maximum absolute atomic E-state index is 14.2. The summed E-state index contributed by atoms with van der Waals surface area (Å²) < 4.78 is 16.1. The van der Waals surface area contributed by atoms with E-state index >= 15 is 0 Å². The Labute approximate surface area is 202 Å². The van der Waals surface area contributed by atoms with E-state index in [9.17, 15) is 14.0 Å². The molecule has 0 aliphatic carbocycles. The molecule has 1 fully saturated rings. The summed E-state index contributed by atoms with van der Waals surface area (Å²) in [7, 11) is 0. The average molecular weight is 469 g/mol. The largest absolute Gasteiger partial charge is 0.342 e. The van der Waals surface area contributed by atoms with E-state index in [1.807, 2.05) is 71.4 Å². The fraction of sp³-hybridized carbons (Fsp3) is 0.179. The number of hydrogen-bond acceptors (Lipinski definition) is 3. The predicted octanol–water partition coefficient (Wildman–Crippen LogP) is 4.29. The van der Waals surface area contributed by atoms with Crippen LogP contribution in [0.2, 0.25) is 0 Å². The number of halogens is 1. The summed E-state index contributed by atoms with van der Waals surface area (Å²) in [6.07, 6.45) is 3.87. The highest BCUT2D eigenvalue weighted by molar-refractivity contribution is 5.99. The number of aromatic nitrogens is 1. The van der Waals surface area contributed by atoms with Crippen LogP contribution in [0.25, 0.3) is 10.9 Å². The highest BCUT2D eigenvalue weighted by Crippen LogP contribution is 2.27. The molecule has 3 aromatic carbocycles. The molecule has 0 bridgehead atoms. The Hall–Kier alpha value is -4.26. The van der Waals surface area contributed by atoms with Crippen molar-refractivity contribution >= 4 is 28.9 Å². The minimum atomic E-state index is -0.349. The van der Waals surface area contributed by atoms with Crippen LogP contribution < -0.4 is 5.43 Å². The average Bonchev–Trinajstić information content (AvgIpc) is 3.41. The summed E-state index contributed by atoms with van der Waals surface area (Å²) in [6, 6.07) is 24.4. The molecule has 0 saturated carbocycles. The highest BCUT2D eigenvalue weighted by Gasteiger charge is 2.31. The van der Waals surface area contributed by atoms with Gasteiger partial charge in [0.05, 0.1) is 12.8 Å². The van der Waals surface area contributed by atoms with Gasteiger partial charge in [-0.3, -0.25) is 9.59 Å². The number of fused-ring (bicyclic) bond motifs is 1. The number of hydrogen-bond donors (Lipinski definition) is 1. The summed E-state index contributed by atoms with van der Waals surface area (Å²) in [6.45, 7) is 0.866. The maximum atomic E-state index is 14.2. The first-order chi connectivity index (χ1) is 17.1. The minimum absolute atomic E-state index is 0.0332. The topological polar surface area (TPSA) is 66.7 Å². The summed E-state index contributed by atoms with van der Waals surface area (Å²) in [5.74, 6) is -0.535. The minimum Gasteiger partial charge on any atom is -0.342 e. The third-order valence-corrected chi connectivity index (χ3v) is 6.33. The molecular formula is C28H25FN4O2. The van der Waals surface area contributed by atoms with Gasteiger partial charge in [-0.05, 0) is 17.7 Å². The molecule has 2 heterocycles. The Bertz CT molecular complexity index is 1400. The van der Waals surface area contributed by atoms with Crippen LogP contribution in [0.15, 0.2) is 90.2 Å². The number of nitrogens with one attached hydrogen (secondary N) is 1. The van der Waals surface area contributed by atoms with Crippen LogP contribution >= 0.6 is 0 Å². The Morgan fingerprint density at radius 3 is 2.60 bits per heavy atom. The second-order valence-corrected chi connectivity index (χ2v) is 8.70. The smallest absolute Gasteiger partial charge is 0.259 e. The molecule has 0 radical (unpaired) electrons. The lowest BCUT2D eigenvalue weighted by atomic mass is 9.99. The van der Waals surface area contributed by atoms with Gasteiger partial charge in [0.2, 0.25) is 5.91 Å². The van der Waals surface area contributed by atoms with Gasteiger partial charge >= 0.3 is 0 Å². The molecule has 5 rings (SSSR count). The number of amides is 2. The number of likely N-dealkylation sites (tertiary alicyclic amines) is 1. The van der Waals surface area contributed by atoms with Crippen molar-refractivity contribution in [2.45, 2.75) is 18.9 Å². The molecule has 6 nitrogen and oxygen atoms in total. The normalized spacial score (nSPS) is 15.9. The third kappa shape index (κ3) is 4.99. The lowest BCUT2D eigenvalue weighted by Gasteiger charge is -2.15. The number of rotatable bonds is 7. The molecule has 35 heavy (non-hydrogen) atoms. The molecule has 1 aliphatic rings. The maximum Gasteiger partial charge on any atom is 0.259 e. The number of carbonyl (C=O) groups is 2. The van der Waals surface area contributed by atoms with Crippen molar-refractivity contribution in [3.63, 3.8) is 0 Å². The number of para-hydroxylation sites is 1. The van der Waals surface area contributed by atoms with Crippen molar-refractivity contribution in [1.29, 1.82) is 0 Å². The Balaban J connectivity index is 1.24. The molecule has 1 unspecified atom stereocenters. The number of nitrogens with zero attached hydrogens (tertiary/aromatic N) is 3. The van der Waals surface area contributed by atoms with Crippen LogP contribution in [-0.2, 0) is 16.1 Å². The van der Waals surface area contributed by atoms with Crippen molar-refractivity contribution < 1.29 is 14.0 Å². The predicted molar refractivity (Wildman–Crippen MR) is 134 cm³/mol.